The number of ether oxygens (including phenoxy) is 1. The van der Waals surface area contributed by atoms with E-state index in [1.54, 1.807) is 7.11 Å². The fourth-order valence-electron chi connectivity index (χ4n) is 3.13. The second kappa shape index (κ2) is 6.10. The second-order valence-electron chi connectivity index (χ2n) is 6.77. The highest BCUT2D eigenvalue weighted by Crippen LogP contribution is 2.43. The number of hydrogen-bond donors (Lipinski definition) is 1. The van der Waals surface area contributed by atoms with E-state index in [4.69, 9.17) is 4.74 Å². The largest absolute Gasteiger partial charge is 0.507 e. The van der Waals surface area contributed by atoms with E-state index in [-0.39, 0.29) is 0 Å². The molecule has 1 atom stereocenters. The van der Waals surface area contributed by atoms with Crippen LogP contribution in [0, 0.1) is 0 Å². The van der Waals surface area contributed by atoms with Crippen molar-refractivity contribution in [2.45, 2.75) is 44.9 Å². The number of methoxy groups -OCH3 is 1. The molecule has 0 spiro atoms. The van der Waals surface area contributed by atoms with Gasteiger partial charge in [0.15, 0.2) is 0 Å². The molecule has 0 aliphatic rings. The molecule has 0 aliphatic carbocycles. The number of benzene rings is 2. The van der Waals surface area contributed by atoms with Crippen LogP contribution in [0.1, 0.15) is 30.9 Å². The zero-order chi connectivity index (χ0) is 15.6. The van der Waals surface area contributed by atoms with Gasteiger partial charge in [0.25, 0.3) is 0 Å². The Balaban J connectivity index is 2.70. The SMILES string of the molecule is CCCC(c1cc(OC)c2ccccc2c1O)[Si](C)(C)C. The van der Waals surface area contributed by atoms with Crippen molar-refractivity contribution in [3.05, 3.63) is 35.9 Å². The topological polar surface area (TPSA) is 29.5 Å². The zero-order valence-electron chi connectivity index (χ0n) is 13.7. The summed E-state index contributed by atoms with van der Waals surface area (Å²) in [4.78, 5) is 0. The van der Waals surface area contributed by atoms with E-state index >= 15 is 0 Å². The summed E-state index contributed by atoms with van der Waals surface area (Å²) in [5, 5.41) is 12.7. The fraction of sp³-hybridized carbons (Fsp3) is 0.444. The molecule has 0 radical (unpaired) electrons. The summed E-state index contributed by atoms with van der Waals surface area (Å²) in [6.07, 6.45) is 2.24. The minimum Gasteiger partial charge on any atom is -0.507 e. The summed E-state index contributed by atoms with van der Waals surface area (Å²) >= 11 is 0. The van der Waals surface area contributed by atoms with E-state index in [0.29, 0.717) is 11.3 Å². The molecule has 0 amide bonds. The van der Waals surface area contributed by atoms with Crippen molar-refractivity contribution < 1.29 is 9.84 Å². The predicted molar refractivity (Wildman–Crippen MR) is 93.2 cm³/mol. The lowest BCUT2D eigenvalue weighted by Gasteiger charge is -2.30. The molecule has 21 heavy (non-hydrogen) atoms. The Hall–Kier alpha value is -1.48. The lowest BCUT2D eigenvalue weighted by Crippen LogP contribution is -2.31. The van der Waals surface area contributed by atoms with E-state index in [1.165, 1.54) is 0 Å². The first-order valence-electron chi connectivity index (χ1n) is 7.68. The lowest BCUT2D eigenvalue weighted by molar-refractivity contribution is 0.416. The third-order valence-electron chi connectivity index (χ3n) is 4.23. The van der Waals surface area contributed by atoms with Gasteiger partial charge >= 0.3 is 0 Å². The maximum Gasteiger partial charge on any atom is 0.127 e. The molecule has 2 nitrogen and oxygen atoms in total. The number of hydrogen-bond acceptors (Lipinski definition) is 2. The molecule has 0 fully saturated rings. The summed E-state index contributed by atoms with van der Waals surface area (Å²) < 4.78 is 5.57. The van der Waals surface area contributed by atoms with Crippen LogP contribution in [0.25, 0.3) is 10.8 Å². The van der Waals surface area contributed by atoms with Gasteiger partial charge in [-0.1, -0.05) is 57.3 Å². The molecule has 1 unspecified atom stereocenters. The van der Waals surface area contributed by atoms with Crippen LogP contribution in [-0.2, 0) is 0 Å². The molecule has 0 saturated heterocycles. The highest BCUT2D eigenvalue weighted by Gasteiger charge is 2.30. The van der Waals surface area contributed by atoms with Gasteiger partial charge in [-0.3, -0.25) is 0 Å². The van der Waals surface area contributed by atoms with Crippen molar-refractivity contribution in [1.82, 2.24) is 0 Å². The Morgan fingerprint density at radius 1 is 1.14 bits per heavy atom. The van der Waals surface area contributed by atoms with E-state index < -0.39 is 8.07 Å². The molecule has 3 heteroatoms. The summed E-state index contributed by atoms with van der Waals surface area (Å²) in [6, 6.07) is 9.97. The van der Waals surface area contributed by atoms with E-state index in [0.717, 1.165) is 34.9 Å². The molecule has 1 N–H and O–H groups in total. The van der Waals surface area contributed by atoms with Crippen molar-refractivity contribution >= 4 is 18.8 Å². The zero-order valence-corrected chi connectivity index (χ0v) is 14.7. The van der Waals surface area contributed by atoms with Crippen LogP contribution in [0.5, 0.6) is 11.5 Å². The Morgan fingerprint density at radius 2 is 1.76 bits per heavy atom. The van der Waals surface area contributed by atoms with Gasteiger partial charge in [-0.05, 0) is 23.6 Å². The third kappa shape index (κ3) is 3.08. The Kier molecular flexibility index (Phi) is 4.62. The molecule has 2 aromatic rings. The number of phenolic OH excluding ortho intramolecular Hbond substituents is 1. The van der Waals surface area contributed by atoms with Crippen LogP contribution in [0.3, 0.4) is 0 Å². The number of phenols is 1. The van der Waals surface area contributed by atoms with Crippen LogP contribution in [0.15, 0.2) is 30.3 Å². The molecular formula is C18H26O2Si. The molecule has 0 aliphatic heterocycles. The number of rotatable bonds is 5. The molecular weight excluding hydrogens is 276 g/mol. The van der Waals surface area contributed by atoms with Gasteiger partial charge in [-0.15, -0.1) is 0 Å². The molecule has 0 heterocycles. The standard InChI is InChI=1S/C18H26O2Si/c1-6-9-17(21(3,4)5)15-12-16(20-2)13-10-7-8-11-14(13)18(15)19/h7-8,10-12,17,19H,6,9H2,1-5H3. The third-order valence-corrected chi connectivity index (χ3v) is 6.92. The Labute approximate surface area is 128 Å². The molecule has 114 valence electrons. The minimum atomic E-state index is -1.42. The monoisotopic (exact) mass is 302 g/mol. The van der Waals surface area contributed by atoms with Crippen molar-refractivity contribution in [3.8, 4) is 11.5 Å². The second-order valence-corrected chi connectivity index (χ2v) is 12.2. The normalized spacial score (nSPS) is 13.4. The van der Waals surface area contributed by atoms with Crippen molar-refractivity contribution in [2.24, 2.45) is 0 Å². The van der Waals surface area contributed by atoms with Gasteiger partial charge < -0.3 is 9.84 Å². The van der Waals surface area contributed by atoms with E-state index in [2.05, 4.69) is 32.6 Å². The van der Waals surface area contributed by atoms with Crippen molar-refractivity contribution in [2.75, 3.05) is 7.11 Å². The Morgan fingerprint density at radius 3 is 2.29 bits per heavy atom. The molecule has 2 rings (SSSR count). The minimum absolute atomic E-state index is 0.437. The summed E-state index contributed by atoms with van der Waals surface area (Å²) in [7, 11) is 0.282. The van der Waals surface area contributed by atoms with Gasteiger partial charge in [-0.2, -0.15) is 0 Å². The number of fused-ring (bicyclic) bond motifs is 1. The molecule has 0 saturated carbocycles. The van der Waals surface area contributed by atoms with Gasteiger partial charge in [0.05, 0.1) is 15.2 Å². The van der Waals surface area contributed by atoms with E-state index in [9.17, 15) is 5.11 Å². The van der Waals surface area contributed by atoms with Gasteiger partial charge in [-0.25, -0.2) is 0 Å². The van der Waals surface area contributed by atoms with Crippen molar-refractivity contribution in [1.29, 1.82) is 0 Å². The maximum absolute atomic E-state index is 10.8. The van der Waals surface area contributed by atoms with Crippen LogP contribution in [-0.4, -0.2) is 20.3 Å². The smallest absolute Gasteiger partial charge is 0.127 e. The average Bonchev–Trinajstić information content (AvgIpc) is 2.45. The maximum atomic E-state index is 10.8. The summed E-state index contributed by atoms with van der Waals surface area (Å²) in [6.45, 7) is 9.32. The molecule has 2 aromatic carbocycles. The quantitative estimate of drug-likeness (QED) is 0.758. The van der Waals surface area contributed by atoms with Crippen LogP contribution in [0.2, 0.25) is 19.6 Å². The molecule has 0 aromatic heterocycles. The van der Waals surface area contributed by atoms with Crippen LogP contribution >= 0.6 is 0 Å². The first kappa shape index (κ1) is 15.9. The first-order chi connectivity index (χ1) is 9.90. The highest BCUT2D eigenvalue weighted by atomic mass is 28.3. The lowest BCUT2D eigenvalue weighted by atomic mass is 10.00. The van der Waals surface area contributed by atoms with E-state index in [1.807, 2.05) is 24.3 Å². The van der Waals surface area contributed by atoms with Gasteiger partial charge in [0.1, 0.15) is 11.5 Å². The van der Waals surface area contributed by atoms with Crippen LogP contribution in [0.4, 0.5) is 0 Å². The average molecular weight is 302 g/mol. The molecule has 0 bridgehead atoms. The fourth-order valence-corrected chi connectivity index (χ4v) is 5.43. The van der Waals surface area contributed by atoms with Gasteiger partial charge in [0.2, 0.25) is 0 Å². The number of aromatic hydroxyl groups is 1. The summed E-state index contributed by atoms with van der Waals surface area (Å²) in [5.74, 6) is 1.30. The Bertz CT molecular complexity index is 629. The first-order valence-corrected chi connectivity index (χ1v) is 11.3. The predicted octanol–water partition coefficient (Wildman–Crippen LogP) is 5.32. The van der Waals surface area contributed by atoms with Crippen molar-refractivity contribution in [3.63, 3.8) is 0 Å². The highest BCUT2D eigenvalue weighted by molar-refractivity contribution is 6.77. The summed E-state index contributed by atoms with van der Waals surface area (Å²) in [5.41, 5.74) is 1.51. The van der Waals surface area contributed by atoms with Crippen LogP contribution < -0.4 is 4.74 Å². The van der Waals surface area contributed by atoms with Gasteiger partial charge in [0, 0.05) is 10.8 Å².